The number of carbonyl (C=O) groups is 1. The largest absolute Gasteiger partial charge is 0.694 e. The maximum absolute atomic E-state index is 12.0. The van der Waals surface area contributed by atoms with Gasteiger partial charge in [0, 0.05) is 8.89 Å². The molecule has 2 unspecified atom stereocenters. The second-order valence-corrected chi connectivity index (χ2v) is 8.60. The second-order valence-electron chi connectivity index (χ2n) is 5.72. The van der Waals surface area contributed by atoms with E-state index in [-0.39, 0.29) is 17.5 Å². The molecule has 0 radical (unpaired) electrons. The number of hydrogen-bond acceptors (Lipinski definition) is 4. The van der Waals surface area contributed by atoms with Gasteiger partial charge in [-0.3, -0.25) is 4.79 Å². The van der Waals surface area contributed by atoms with Crippen molar-refractivity contribution < 1.29 is 23.5 Å². The smallest absolute Gasteiger partial charge is 0.466 e. The van der Waals surface area contributed by atoms with Gasteiger partial charge in [-0.15, -0.1) is 9.42 Å². The number of halogens is 1. The molecule has 0 rings (SSSR count). The first-order valence-electron chi connectivity index (χ1n) is 6.14. The summed E-state index contributed by atoms with van der Waals surface area (Å²) in [6.07, 6.45) is 0.690. The highest BCUT2D eigenvalue weighted by Crippen LogP contribution is 2.40. The maximum atomic E-state index is 12.0. The van der Waals surface area contributed by atoms with Crippen molar-refractivity contribution in [1.82, 2.24) is 0 Å². The molecule has 0 aliphatic rings. The summed E-state index contributed by atoms with van der Waals surface area (Å²) in [6, 6.07) is 0. The van der Waals surface area contributed by atoms with Gasteiger partial charge in [0.15, 0.2) is 0 Å². The fourth-order valence-corrected chi connectivity index (χ4v) is 3.20. The van der Waals surface area contributed by atoms with E-state index in [1.165, 1.54) is 0 Å². The zero-order valence-electron chi connectivity index (χ0n) is 12.1. The third-order valence-electron chi connectivity index (χ3n) is 2.74. The fourth-order valence-electron chi connectivity index (χ4n) is 2.20. The molecule has 0 aromatic heterocycles. The lowest BCUT2D eigenvalue weighted by molar-refractivity contribution is -0.154. The third kappa shape index (κ3) is 7.98. The summed E-state index contributed by atoms with van der Waals surface area (Å²) in [7, 11) is -2.72. The molecule has 7 heteroatoms. The van der Waals surface area contributed by atoms with Crippen LogP contribution in [0.1, 0.15) is 41.0 Å². The van der Waals surface area contributed by atoms with Crippen molar-refractivity contribution in [2.45, 2.75) is 45.4 Å². The Labute approximate surface area is 124 Å². The van der Waals surface area contributed by atoms with Crippen molar-refractivity contribution in [3.05, 3.63) is 0 Å². The Kier molecular flexibility index (Phi) is 7.66. The van der Waals surface area contributed by atoms with Crippen molar-refractivity contribution in [3.8, 4) is 0 Å². The van der Waals surface area contributed by atoms with Crippen LogP contribution < -0.4 is 0 Å². The van der Waals surface area contributed by atoms with Gasteiger partial charge in [-0.1, -0.05) is 43.6 Å². The van der Waals surface area contributed by atoms with Gasteiger partial charge in [0.25, 0.3) is 0 Å². The van der Waals surface area contributed by atoms with Crippen molar-refractivity contribution in [1.29, 1.82) is 0 Å². The van der Waals surface area contributed by atoms with Crippen molar-refractivity contribution in [2.75, 3.05) is 13.2 Å². The van der Waals surface area contributed by atoms with Gasteiger partial charge >= 0.3 is 14.2 Å². The molecule has 5 nitrogen and oxygen atoms in total. The zero-order chi connectivity index (χ0) is 15.3. The van der Waals surface area contributed by atoms with Crippen LogP contribution in [0.5, 0.6) is 0 Å². The van der Waals surface area contributed by atoms with Gasteiger partial charge in [0.05, 0.1) is 12.5 Å². The van der Waals surface area contributed by atoms with E-state index in [0.717, 1.165) is 0 Å². The predicted molar refractivity (Wildman–Crippen MR) is 77.3 cm³/mol. The van der Waals surface area contributed by atoms with Gasteiger partial charge in [-0.2, -0.15) is 0 Å². The molecule has 1 N–H and O–H groups in total. The minimum atomic E-state index is -2.72. The van der Waals surface area contributed by atoms with Crippen LogP contribution in [-0.2, 0) is 18.6 Å². The van der Waals surface area contributed by atoms with E-state index in [1.54, 1.807) is 6.92 Å². The Balaban J connectivity index is 4.98. The van der Waals surface area contributed by atoms with Gasteiger partial charge in [0.2, 0.25) is 0 Å². The molecule has 0 bridgehead atoms. The summed E-state index contributed by atoms with van der Waals surface area (Å²) in [5.41, 5.74) is -0.426. The van der Waals surface area contributed by atoms with Crippen molar-refractivity contribution in [3.63, 3.8) is 0 Å². The molecule has 0 amide bonds. The van der Waals surface area contributed by atoms with E-state index in [9.17, 15) is 9.36 Å². The highest BCUT2D eigenvalue weighted by molar-refractivity contribution is 9.10. The molecule has 0 aromatic rings. The molecule has 0 aliphatic heterocycles. The molecule has 0 aromatic carbocycles. The Morgan fingerprint density at radius 2 is 1.89 bits per heavy atom. The number of rotatable bonds is 8. The Hall–Kier alpha value is -0.0300. The highest BCUT2D eigenvalue weighted by atomic mass is 79.9. The monoisotopic (exact) mass is 357 g/mol. The second kappa shape index (κ2) is 7.67. The topological polar surface area (TPSA) is 72.8 Å². The van der Waals surface area contributed by atoms with Crippen LogP contribution in [0.25, 0.3) is 0 Å². The van der Waals surface area contributed by atoms with E-state index in [4.69, 9.17) is 14.2 Å². The zero-order valence-corrected chi connectivity index (χ0v) is 14.6. The van der Waals surface area contributed by atoms with Crippen molar-refractivity contribution in [2.24, 2.45) is 11.3 Å². The quantitative estimate of drug-likeness (QED) is 0.409. The van der Waals surface area contributed by atoms with E-state index >= 15 is 0 Å². The van der Waals surface area contributed by atoms with Crippen molar-refractivity contribution >= 4 is 30.2 Å². The molecule has 19 heavy (non-hydrogen) atoms. The summed E-state index contributed by atoms with van der Waals surface area (Å²) >= 11 is 3.55. The predicted octanol–water partition coefficient (Wildman–Crippen LogP) is 3.42. The van der Waals surface area contributed by atoms with Crippen LogP contribution in [-0.4, -0.2) is 28.4 Å². The fraction of sp³-hybridized carbons (Fsp3) is 0.917. The minimum absolute atomic E-state index is 0.124. The first-order valence-corrected chi connectivity index (χ1v) is 8.06. The summed E-state index contributed by atoms with van der Waals surface area (Å²) < 4.78 is 20.3. The first kappa shape index (κ1) is 19.0. The summed E-state index contributed by atoms with van der Waals surface area (Å²) in [4.78, 5) is 20.7. The molecule has 0 fully saturated rings. The van der Waals surface area contributed by atoms with E-state index in [0.29, 0.717) is 6.42 Å². The van der Waals surface area contributed by atoms with E-state index < -0.39 is 25.6 Å². The van der Waals surface area contributed by atoms with Gasteiger partial charge in [-0.25, -0.2) is 0 Å². The van der Waals surface area contributed by atoms with Crippen LogP contribution in [0.2, 0.25) is 0 Å². The molecular formula is C12H23BrO5P+. The summed E-state index contributed by atoms with van der Waals surface area (Å²) in [6.45, 7) is 9.73. The Morgan fingerprint density at radius 1 is 1.37 bits per heavy atom. The lowest BCUT2D eigenvalue weighted by Crippen LogP contribution is -2.39. The standard InChI is InChI=1S/C12H22BrO5P/c1-6-17-10(14)9(7-18-19(15)16)11(2,3)8-12(4,5)13/h9H,6-8H2,1-5H3/p+1. The van der Waals surface area contributed by atoms with Crippen LogP contribution in [0.3, 0.4) is 0 Å². The molecule has 0 saturated carbocycles. The van der Waals surface area contributed by atoms with Gasteiger partial charge < -0.3 is 4.74 Å². The third-order valence-corrected chi connectivity index (χ3v) is 3.39. The molecule has 0 spiro atoms. The van der Waals surface area contributed by atoms with Crippen LogP contribution >= 0.6 is 24.2 Å². The van der Waals surface area contributed by atoms with Gasteiger partial charge in [0.1, 0.15) is 6.61 Å². The lowest BCUT2D eigenvalue weighted by atomic mass is 9.73. The normalized spacial score (nSPS) is 15.0. The first-order chi connectivity index (χ1) is 8.49. The molecular weight excluding hydrogens is 335 g/mol. The maximum Gasteiger partial charge on any atom is 0.694 e. The molecule has 0 heterocycles. The average Bonchev–Trinajstić information content (AvgIpc) is 2.12. The van der Waals surface area contributed by atoms with Gasteiger partial charge in [-0.05, 0) is 18.8 Å². The molecule has 2 atom stereocenters. The van der Waals surface area contributed by atoms with Crippen LogP contribution in [0, 0.1) is 11.3 Å². The molecule has 112 valence electrons. The molecule has 0 aliphatic carbocycles. The highest BCUT2D eigenvalue weighted by Gasteiger charge is 2.41. The van der Waals surface area contributed by atoms with E-state index in [1.807, 2.05) is 27.7 Å². The van der Waals surface area contributed by atoms with Crippen LogP contribution in [0.4, 0.5) is 0 Å². The van der Waals surface area contributed by atoms with Crippen LogP contribution in [0.15, 0.2) is 0 Å². The lowest BCUT2D eigenvalue weighted by Gasteiger charge is -2.35. The number of carbonyl (C=O) groups excluding carboxylic acids is 1. The SMILES string of the molecule is CCOC(=O)C(CO[P+](=O)O)C(C)(C)CC(C)(C)Br. The number of alkyl halides is 1. The number of ether oxygens (including phenoxy) is 1. The number of esters is 1. The average molecular weight is 358 g/mol. The minimum Gasteiger partial charge on any atom is -0.466 e. The number of hydrogen-bond donors (Lipinski definition) is 1. The Bertz CT molecular complexity index is 325. The molecule has 0 saturated heterocycles. The summed E-state index contributed by atoms with van der Waals surface area (Å²) in [5.74, 6) is -0.989. The summed E-state index contributed by atoms with van der Waals surface area (Å²) in [5, 5.41) is 0. The van der Waals surface area contributed by atoms with E-state index in [2.05, 4.69) is 15.9 Å². The Morgan fingerprint density at radius 3 is 2.26 bits per heavy atom.